The molecular weight excluding hydrogens is 308 g/mol. The zero-order valence-corrected chi connectivity index (χ0v) is 13.1. The molecule has 0 unspecified atom stereocenters. The number of hydrogen-bond acceptors (Lipinski definition) is 4. The molecule has 2 aromatic rings. The average molecular weight is 324 g/mol. The number of amides is 4. The highest BCUT2D eigenvalue weighted by Gasteiger charge is 2.34. The van der Waals surface area contributed by atoms with E-state index < -0.39 is 6.03 Å². The fraction of sp³-hybridized carbons (Fsp3) is 0.176. The third-order valence-corrected chi connectivity index (χ3v) is 3.63. The molecule has 2 heterocycles. The molecule has 4 amide bonds. The Morgan fingerprint density at radius 2 is 1.71 bits per heavy atom. The van der Waals surface area contributed by atoms with Crippen molar-refractivity contribution in [3.8, 4) is 0 Å². The molecule has 1 aliphatic rings. The number of nitrogens with one attached hydrogen (secondary N) is 2. The summed E-state index contributed by atoms with van der Waals surface area (Å²) in [7, 11) is 0. The topological polar surface area (TPSA) is 91.4 Å². The molecule has 0 saturated carbocycles. The van der Waals surface area contributed by atoms with Gasteiger partial charge in [-0.1, -0.05) is 18.2 Å². The van der Waals surface area contributed by atoms with Gasteiger partial charge in [-0.3, -0.25) is 19.8 Å². The Morgan fingerprint density at radius 1 is 1.04 bits per heavy atom. The van der Waals surface area contributed by atoms with E-state index in [2.05, 4.69) is 15.6 Å². The van der Waals surface area contributed by atoms with Crippen LogP contribution < -0.4 is 10.6 Å². The van der Waals surface area contributed by atoms with E-state index in [1.165, 1.54) is 0 Å². The second kappa shape index (κ2) is 6.49. The highest BCUT2D eigenvalue weighted by molar-refractivity contribution is 6.21. The number of imide groups is 1. The number of fused-ring (bicyclic) bond motifs is 1. The first kappa shape index (κ1) is 15.7. The molecule has 1 aliphatic heterocycles. The zero-order chi connectivity index (χ0) is 17.1. The Kier molecular flexibility index (Phi) is 4.24. The minimum atomic E-state index is -0.440. The fourth-order valence-electron chi connectivity index (χ4n) is 2.50. The summed E-state index contributed by atoms with van der Waals surface area (Å²) in [4.78, 5) is 41.5. The van der Waals surface area contributed by atoms with Gasteiger partial charge < -0.3 is 5.32 Å². The first-order valence-corrected chi connectivity index (χ1v) is 7.50. The number of aromatic nitrogens is 1. The summed E-state index contributed by atoms with van der Waals surface area (Å²) in [6, 6.07) is 11.5. The fourth-order valence-corrected chi connectivity index (χ4v) is 2.50. The number of carbonyl (C=O) groups excluding carboxylic acids is 3. The number of hydrogen-bond donors (Lipinski definition) is 2. The minimum Gasteiger partial charge on any atom is -0.336 e. The van der Waals surface area contributed by atoms with Crippen molar-refractivity contribution in [2.24, 2.45) is 0 Å². The van der Waals surface area contributed by atoms with Crippen LogP contribution in [-0.4, -0.2) is 40.8 Å². The maximum Gasteiger partial charge on any atom is 0.320 e. The second-order valence-corrected chi connectivity index (χ2v) is 5.35. The molecular formula is C17H16N4O3. The van der Waals surface area contributed by atoms with Crippen LogP contribution in [0.5, 0.6) is 0 Å². The SMILES string of the molecule is Cc1cccc(NC(=O)NCCN2C(=O)c3ccccc3C2=O)n1. The predicted molar refractivity (Wildman–Crippen MR) is 87.8 cm³/mol. The van der Waals surface area contributed by atoms with E-state index in [1.54, 1.807) is 36.4 Å². The number of nitrogens with zero attached hydrogens (tertiary/aromatic N) is 2. The molecule has 24 heavy (non-hydrogen) atoms. The maximum atomic E-state index is 12.2. The van der Waals surface area contributed by atoms with E-state index >= 15 is 0 Å². The van der Waals surface area contributed by atoms with E-state index in [4.69, 9.17) is 0 Å². The molecule has 0 spiro atoms. The van der Waals surface area contributed by atoms with Crippen LogP contribution in [0.4, 0.5) is 10.6 Å². The Labute approximate surface area is 138 Å². The van der Waals surface area contributed by atoms with Crippen LogP contribution in [0, 0.1) is 6.92 Å². The van der Waals surface area contributed by atoms with Crippen molar-refractivity contribution in [3.05, 3.63) is 59.3 Å². The van der Waals surface area contributed by atoms with E-state index in [9.17, 15) is 14.4 Å². The predicted octanol–water partition coefficient (Wildman–Crippen LogP) is 1.81. The molecule has 1 aromatic carbocycles. The van der Waals surface area contributed by atoms with Gasteiger partial charge in [0, 0.05) is 18.8 Å². The number of carbonyl (C=O) groups is 3. The summed E-state index contributed by atoms with van der Waals surface area (Å²) in [6.45, 7) is 2.09. The maximum absolute atomic E-state index is 12.2. The van der Waals surface area contributed by atoms with Gasteiger partial charge in [-0.15, -0.1) is 0 Å². The molecule has 0 radical (unpaired) electrons. The Hall–Kier alpha value is -3.22. The molecule has 3 rings (SSSR count). The number of rotatable bonds is 4. The molecule has 1 aromatic heterocycles. The largest absolute Gasteiger partial charge is 0.336 e. The second-order valence-electron chi connectivity index (χ2n) is 5.35. The first-order valence-electron chi connectivity index (χ1n) is 7.50. The first-order chi connectivity index (χ1) is 11.6. The summed E-state index contributed by atoms with van der Waals surface area (Å²) in [6.07, 6.45) is 0. The monoisotopic (exact) mass is 324 g/mol. The van der Waals surface area contributed by atoms with Crippen molar-refractivity contribution < 1.29 is 14.4 Å². The van der Waals surface area contributed by atoms with Crippen molar-refractivity contribution in [1.82, 2.24) is 15.2 Å². The van der Waals surface area contributed by atoms with Crippen molar-refractivity contribution in [1.29, 1.82) is 0 Å². The molecule has 0 saturated heterocycles. The molecule has 7 nitrogen and oxygen atoms in total. The van der Waals surface area contributed by atoms with Crippen LogP contribution in [0.2, 0.25) is 0 Å². The van der Waals surface area contributed by atoms with Gasteiger partial charge in [0.15, 0.2) is 0 Å². The number of anilines is 1. The standard InChI is InChI=1S/C17H16N4O3/c1-11-5-4-8-14(19-11)20-17(24)18-9-10-21-15(22)12-6-2-3-7-13(12)16(21)23/h2-8H,9-10H2,1H3,(H2,18,19,20,24). The van der Waals surface area contributed by atoms with Gasteiger partial charge in [0.25, 0.3) is 11.8 Å². The number of aryl methyl sites for hydroxylation is 1. The van der Waals surface area contributed by atoms with Crippen LogP contribution in [0.25, 0.3) is 0 Å². The Balaban J connectivity index is 1.53. The third-order valence-electron chi connectivity index (χ3n) is 3.63. The van der Waals surface area contributed by atoms with Crippen molar-refractivity contribution in [2.75, 3.05) is 18.4 Å². The lowest BCUT2D eigenvalue weighted by Gasteiger charge is -2.14. The van der Waals surface area contributed by atoms with E-state index in [1.807, 2.05) is 13.0 Å². The van der Waals surface area contributed by atoms with Crippen LogP contribution in [-0.2, 0) is 0 Å². The minimum absolute atomic E-state index is 0.112. The van der Waals surface area contributed by atoms with E-state index in [0.717, 1.165) is 10.6 Å². The highest BCUT2D eigenvalue weighted by atomic mass is 16.2. The summed E-state index contributed by atoms with van der Waals surface area (Å²) in [5.74, 6) is -0.232. The quantitative estimate of drug-likeness (QED) is 0.839. The number of pyridine rings is 1. The zero-order valence-electron chi connectivity index (χ0n) is 13.1. The molecule has 0 atom stereocenters. The molecule has 7 heteroatoms. The Morgan fingerprint density at radius 3 is 2.33 bits per heavy atom. The third kappa shape index (κ3) is 3.10. The molecule has 0 fully saturated rings. The van der Waals surface area contributed by atoms with Crippen LogP contribution >= 0.6 is 0 Å². The van der Waals surface area contributed by atoms with Gasteiger partial charge in [0.2, 0.25) is 0 Å². The lowest BCUT2D eigenvalue weighted by molar-refractivity contribution is 0.0656. The average Bonchev–Trinajstić information content (AvgIpc) is 2.80. The van der Waals surface area contributed by atoms with Gasteiger partial charge in [0.1, 0.15) is 5.82 Å². The summed E-state index contributed by atoms with van der Waals surface area (Å²) < 4.78 is 0. The number of urea groups is 1. The molecule has 0 bridgehead atoms. The lowest BCUT2D eigenvalue weighted by Crippen LogP contribution is -2.39. The summed E-state index contributed by atoms with van der Waals surface area (Å²) in [5, 5.41) is 5.21. The van der Waals surface area contributed by atoms with E-state index in [-0.39, 0.29) is 24.9 Å². The van der Waals surface area contributed by atoms with Gasteiger partial charge in [-0.2, -0.15) is 0 Å². The van der Waals surface area contributed by atoms with Gasteiger partial charge in [0.05, 0.1) is 11.1 Å². The van der Waals surface area contributed by atoms with Crippen LogP contribution in [0.15, 0.2) is 42.5 Å². The summed E-state index contributed by atoms with van der Waals surface area (Å²) in [5.41, 5.74) is 1.59. The molecule has 122 valence electrons. The van der Waals surface area contributed by atoms with Crippen LogP contribution in [0.3, 0.4) is 0 Å². The van der Waals surface area contributed by atoms with Gasteiger partial charge in [-0.25, -0.2) is 9.78 Å². The molecule has 2 N–H and O–H groups in total. The highest BCUT2D eigenvalue weighted by Crippen LogP contribution is 2.21. The number of benzene rings is 1. The van der Waals surface area contributed by atoms with Crippen molar-refractivity contribution >= 4 is 23.7 Å². The smallest absolute Gasteiger partial charge is 0.320 e. The van der Waals surface area contributed by atoms with Crippen LogP contribution in [0.1, 0.15) is 26.4 Å². The summed E-state index contributed by atoms with van der Waals surface area (Å²) >= 11 is 0. The van der Waals surface area contributed by atoms with Gasteiger partial charge >= 0.3 is 6.03 Å². The normalized spacial score (nSPS) is 13.0. The van der Waals surface area contributed by atoms with Gasteiger partial charge in [-0.05, 0) is 31.2 Å². The van der Waals surface area contributed by atoms with E-state index in [0.29, 0.717) is 16.9 Å². The van der Waals surface area contributed by atoms with Crippen molar-refractivity contribution in [2.45, 2.75) is 6.92 Å². The lowest BCUT2D eigenvalue weighted by atomic mass is 10.1. The molecule has 0 aliphatic carbocycles. The van der Waals surface area contributed by atoms with Crippen molar-refractivity contribution in [3.63, 3.8) is 0 Å². The Bertz CT molecular complexity index is 784.